The summed E-state index contributed by atoms with van der Waals surface area (Å²) in [5, 5.41) is 8.64. The Morgan fingerprint density at radius 2 is 2.24 bits per heavy atom. The third kappa shape index (κ3) is 2.74. The fourth-order valence-corrected chi connectivity index (χ4v) is 3.19. The number of nitrogens with zero attached hydrogens (tertiary/aromatic N) is 4. The van der Waals surface area contributed by atoms with Crippen LogP contribution in [0.1, 0.15) is 18.3 Å². The average Bonchev–Trinajstić information content (AvgIpc) is 2.83. The van der Waals surface area contributed by atoms with Crippen molar-refractivity contribution >= 4 is 27.7 Å². The molecule has 17 heavy (non-hydrogen) atoms. The van der Waals surface area contributed by atoms with Gasteiger partial charge in [0.1, 0.15) is 0 Å². The number of hydrogen-bond donors (Lipinski definition) is 0. The summed E-state index contributed by atoms with van der Waals surface area (Å²) in [5.74, 6) is 0.904. The van der Waals surface area contributed by atoms with Crippen LogP contribution in [0.25, 0.3) is 0 Å². The highest BCUT2D eigenvalue weighted by molar-refractivity contribution is 9.10. The molecule has 0 N–H and O–H groups in total. The van der Waals surface area contributed by atoms with Gasteiger partial charge in [0.25, 0.3) is 0 Å². The van der Waals surface area contributed by atoms with Crippen LogP contribution in [-0.4, -0.2) is 19.6 Å². The lowest BCUT2D eigenvalue weighted by Gasteiger charge is -2.04. The molecule has 2 rings (SSSR count). The summed E-state index contributed by atoms with van der Waals surface area (Å²) in [5.41, 5.74) is 2.28. The average molecular weight is 315 g/mol. The van der Waals surface area contributed by atoms with Crippen LogP contribution in [-0.2, 0) is 19.3 Å². The van der Waals surface area contributed by atoms with E-state index in [0.717, 1.165) is 22.5 Å². The number of rotatable bonds is 4. The van der Waals surface area contributed by atoms with Crippen LogP contribution in [0.3, 0.4) is 0 Å². The summed E-state index contributed by atoms with van der Waals surface area (Å²) in [6.07, 6.45) is 3.91. The number of aromatic nitrogens is 4. The lowest BCUT2D eigenvalue weighted by molar-refractivity contribution is 0.631. The van der Waals surface area contributed by atoms with Crippen LogP contribution in [0.2, 0.25) is 0 Å². The highest BCUT2D eigenvalue weighted by Gasteiger charge is 2.12. The van der Waals surface area contributed by atoms with Crippen LogP contribution < -0.4 is 0 Å². The smallest absolute Gasteiger partial charge is 0.0739 e. The lowest BCUT2D eigenvalue weighted by Crippen LogP contribution is -2.01. The van der Waals surface area contributed by atoms with Gasteiger partial charge in [-0.2, -0.15) is 10.2 Å². The van der Waals surface area contributed by atoms with Crippen LogP contribution in [0.4, 0.5) is 0 Å². The Kier molecular flexibility index (Phi) is 3.93. The van der Waals surface area contributed by atoms with E-state index in [1.807, 2.05) is 35.7 Å². The first-order chi connectivity index (χ1) is 8.11. The van der Waals surface area contributed by atoms with E-state index in [2.05, 4.69) is 33.1 Å². The monoisotopic (exact) mass is 314 g/mol. The fourth-order valence-electron chi connectivity index (χ4n) is 1.63. The Morgan fingerprint density at radius 1 is 1.47 bits per heavy atom. The van der Waals surface area contributed by atoms with Crippen molar-refractivity contribution in [2.45, 2.75) is 31.0 Å². The Balaban J connectivity index is 2.13. The van der Waals surface area contributed by atoms with Crippen molar-refractivity contribution in [3.63, 3.8) is 0 Å². The van der Waals surface area contributed by atoms with E-state index in [4.69, 9.17) is 0 Å². The first-order valence-corrected chi connectivity index (χ1v) is 7.23. The zero-order valence-corrected chi connectivity index (χ0v) is 12.5. The molecule has 2 heterocycles. The maximum atomic E-state index is 4.48. The number of aryl methyl sites for hydroxylation is 3. The maximum Gasteiger partial charge on any atom is 0.0739 e. The molecule has 0 amide bonds. The van der Waals surface area contributed by atoms with E-state index in [-0.39, 0.29) is 0 Å². The van der Waals surface area contributed by atoms with Gasteiger partial charge in [0, 0.05) is 30.4 Å². The molecule has 0 saturated heterocycles. The zero-order chi connectivity index (χ0) is 12.4. The van der Waals surface area contributed by atoms with Crippen molar-refractivity contribution in [2.75, 3.05) is 0 Å². The van der Waals surface area contributed by atoms with Gasteiger partial charge < -0.3 is 0 Å². The van der Waals surface area contributed by atoms with Gasteiger partial charge in [-0.15, -0.1) is 11.8 Å². The second kappa shape index (κ2) is 5.27. The molecule has 0 fully saturated rings. The maximum absolute atomic E-state index is 4.48. The highest BCUT2D eigenvalue weighted by Crippen LogP contribution is 2.28. The van der Waals surface area contributed by atoms with E-state index in [1.54, 1.807) is 11.8 Å². The second-order valence-electron chi connectivity index (χ2n) is 3.80. The van der Waals surface area contributed by atoms with Crippen molar-refractivity contribution in [1.29, 1.82) is 0 Å². The number of thioether (sulfide) groups is 1. The second-order valence-corrected chi connectivity index (χ2v) is 5.64. The molecule has 0 aromatic carbocycles. The van der Waals surface area contributed by atoms with Crippen molar-refractivity contribution in [1.82, 2.24) is 19.6 Å². The van der Waals surface area contributed by atoms with Gasteiger partial charge >= 0.3 is 0 Å². The van der Waals surface area contributed by atoms with Gasteiger partial charge in [0.2, 0.25) is 0 Å². The first kappa shape index (κ1) is 12.7. The van der Waals surface area contributed by atoms with Gasteiger partial charge in [0.15, 0.2) is 0 Å². The molecule has 2 aromatic rings. The van der Waals surface area contributed by atoms with Crippen LogP contribution >= 0.6 is 27.7 Å². The third-order valence-corrected chi connectivity index (χ3v) is 4.50. The SMILES string of the molecule is CCn1nc(C)c(Br)c1CSc1cnn(C)c1. The van der Waals surface area contributed by atoms with E-state index in [0.29, 0.717) is 0 Å². The zero-order valence-electron chi connectivity index (χ0n) is 10.1. The van der Waals surface area contributed by atoms with Crippen LogP contribution in [0.15, 0.2) is 21.8 Å². The van der Waals surface area contributed by atoms with Crippen molar-refractivity contribution in [3.05, 3.63) is 28.3 Å². The molecule has 0 aliphatic heterocycles. The van der Waals surface area contributed by atoms with Gasteiger partial charge in [0.05, 0.1) is 22.1 Å². The Morgan fingerprint density at radius 3 is 2.82 bits per heavy atom. The van der Waals surface area contributed by atoms with Gasteiger partial charge in [-0.25, -0.2) is 0 Å². The number of hydrogen-bond acceptors (Lipinski definition) is 3. The van der Waals surface area contributed by atoms with Crippen molar-refractivity contribution in [2.24, 2.45) is 7.05 Å². The standard InChI is InChI=1S/C11H15BrN4S/c1-4-16-10(11(12)8(2)14-16)7-17-9-5-13-15(3)6-9/h5-6H,4,7H2,1-3H3. The lowest BCUT2D eigenvalue weighted by atomic mass is 10.4. The Bertz CT molecular complexity index is 518. The van der Waals surface area contributed by atoms with E-state index in [1.165, 1.54) is 10.6 Å². The Hall–Kier alpha value is -0.750. The molecule has 4 nitrogen and oxygen atoms in total. The fraction of sp³-hybridized carbons (Fsp3) is 0.455. The molecule has 0 aliphatic rings. The van der Waals surface area contributed by atoms with Crippen LogP contribution in [0.5, 0.6) is 0 Å². The molecule has 0 spiro atoms. The summed E-state index contributed by atoms with van der Waals surface area (Å²) in [4.78, 5) is 1.18. The molecule has 92 valence electrons. The van der Waals surface area contributed by atoms with Crippen molar-refractivity contribution in [3.8, 4) is 0 Å². The summed E-state index contributed by atoms with van der Waals surface area (Å²) in [7, 11) is 1.93. The van der Waals surface area contributed by atoms with Crippen LogP contribution in [0, 0.1) is 6.92 Å². The molecule has 6 heteroatoms. The molecule has 0 aliphatic carbocycles. The molecule has 0 saturated carbocycles. The highest BCUT2D eigenvalue weighted by atomic mass is 79.9. The largest absolute Gasteiger partial charge is 0.275 e. The molecule has 0 atom stereocenters. The van der Waals surface area contributed by atoms with Crippen molar-refractivity contribution < 1.29 is 0 Å². The van der Waals surface area contributed by atoms with E-state index < -0.39 is 0 Å². The summed E-state index contributed by atoms with van der Waals surface area (Å²) in [6, 6.07) is 0. The molecular weight excluding hydrogens is 300 g/mol. The molecule has 0 radical (unpaired) electrons. The predicted molar refractivity (Wildman–Crippen MR) is 73.1 cm³/mol. The summed E-state index contributed by atoms with van der Waals surface area (Å²) < 4.78 is 4.98. The minimum atomic E-state index is 0.898. The molecule has 0 unspecified atom stereocenters. The molecule has 0 bridgehead atoms. The molecular formula is C11H15BrN4S. The van der Waals surface area contributed by atoms with Gasteiger partial charge in [-0.3, -0.25) is 9.36 Å². The van der Waals surface area contributed by atoms with E-state index in [9.17, 15) is 0 Å². The minimum absolute atomic E-state index is 0.898. The summed E-state index contributed by atoms with van der Waals surface area (Å²) >= 11 is 5.38. The third-order valence-electron chi connectivity index (χ3n) is 2.51. The minimum Gasteiger partial charge on any atom is -0.275 e. The van der Waals surface area contributed by atoms with E-state index >= 15 is 0 Å². The van der Waals surface area contributed by atoms with Gasteiger partial charge in [-0.05, 0) is 29.8 Å². The Labute approximate surface area is 114 Å². The predicted octanol–water partition coefficient (Wildman–Crippen LogP) is 3.00. The number of halogens is 1. The molecule has 2 aromatic heterocycles. The normalized spacial score (nSPS) is 11.1. The first-order valence-electron chi connectivity index (χ1n) is 5.45. The van der Waals surface area contributed by atoms with Gasteiger partial charge in [-0.1, -0.05) is 0 Å². The summed E-state index contributed by atoms with van der Waals surface area (Å²) in [6.45, 7) is 5.03. The quantitative estimate of drug-likeness (QED) is 0.814. The topological polar surface area (TPSA) is 35.6 Å².